The van der Waals surface area contributed by atoms with E-state index in [1.165, 1.54) is 0 Å². The lowest BCUT2D eigenvalue weighted by molar-refractivity contribution is 0.00578. The normalized spacial score (nSPS) is 21.2. The Balaban J connectivity index is 2.15. The molecule has 1 aromatic rings. The number of aromatic nitrogens is 1. The van der Waals surface area contributed by atoms with Crippen molar-refractivity contribution in [3.63, 3.8) is 0 Å². The Kier molecular flexibility index (Phi) is 3.32. The summed E-state index contributed by atoms with van der Waals surface area (Å²) in [4.78, 5) is 4.16. The second kappa shape index (κ2) is 4.54. The summed E-state index contributed by atoms with van der Waals surface area (Å²) in [5.74, 6) is 2.23. The number of nitrogens with two attached hydrogens (primary N) is 2. The smallest absolute Gasteiger partial charge is 0.400 e. The van der Waals surface area contributed by atoms with Gasteiger partial charge in [-0.05, 0) is 45.9 Å². The minimum Gasteiger partial charge on any atom is -0.400 e. The molecule has 19 heavy (non-hydrogen) atoms. The molecule has 102 valence electrons. The van der Waals surface area contributed by atoms with Crippen LogP contribution in [-0.4, -0.2) is 23.3 Å². The van der Waals surface area contributed by atoms with Gasteiger partial charge < -0.3 is 20.8 Å². The molecule has 0 spiro atoms. The zero-order valence-electron chi connectivity index (χ0n) is 11.8. The summed E-state index contributed by atoms with van der Waals surface area (Å²) in [6.07, 6.45) is 1.77. The molecule has 5 nitrogen and oxygen atoms in total. The number of hydrogen-bond acceptors (Lipinski definition) is 5. The van der Waals surface area contributed by atoms with Crippen molar-refractivity contribution in [3.8, 4) is 0 Å². The number of nitrogens with zero attached hydrogens (tertiary/aromatic N) is 1. The van der Waals surface area contributed by atoms with Gasteiger partial charge in [0.1, 0.15) is 5.82 Å². The van der Waals surface area contributed by atoms with Gasteiger partial charge in [-0.15, -0.1) is 0 Å². The number of rotatable bonds is 2. The Morgan fingerprint density at radius 1 is 1.11 bits per heavy atom. The van der Waals surface area contributed by atoms with Crippen LogP contribution in [0, 0.1) is 0 Å². The van der Waals surface area contributed by atoms with E-state index >= 15 is 0 Å². The molecule has 1 saturated heterocycles. The van der Waals surface area contributed by atoms with Gasteiger partial charge in [0.05, 0.1) is 22.6 Å². The maximum Gasteiger partial charge on any atom is 0.487 e. The molecule has 1 fully saturated rings. The Morgan fingerprint density at radius 2 is 1.68 bits per heavy atom. The van der Waals surface area contributed by atoms with E-state index in [9.17, 15) is 0 Å². The van der Waals surface area contributed by atoms with Crippen LogP contribution < -0.4 is 11.5 Å². The number of nitrogen functional groups attached to an aromatic ring is 2. The van der Waals surface area contributed by atoms with E-state index in [1.54, 1.807) is 24.2 Å². The molecule has 0 radical (unpaired) electrons. The SMILES string of the molecule is CC1(C)OB(/C=C/c2nc(N)ccc2N)OC1(C)C. The molecular weight excluding hydrogens is 241 g/mol. The molecule has 0 unspecified atom stereocenters. The van der Waals surface area contributed by atoms with E-state index in [-0.39, 0.29) is 11.2 Å². The fourth-order valence-electron chi connectivity index (χ4n) is 1.77. The zero-order chi connectivity index (χ0) is 14.3. The molecular formula is C13H20BN3O2. The molecule has 0 aromatic carbocycles. The third kappa shape index (κ3) is 2.74. The molecule has 4 N–H and O–H groups in total. The summed E-state index contributed by atoms with van der Waals surface area (Å²) in [5, 5.41) is 0. The predicted octanol–water partition coefficient (Wildman–Crippen LogP) is 1.89. The average Bonchev–Trinajstić information content (AvgIpc) is 2.49. The monoisotopic (exact) mass is 261 g/mol. The Labute approximate surface area is 114 Å². The predicted molar refractivity (Wildman–Crippen MR) is 78.2 cm³/mol. The fourth-order valence-corrected chi connectivity index (χ4v) is 1.77. The van der Waals surface area contributed by atoms with Crippen molar-refractivity contribution in [1.29, 1.82) is 0 Å². The lowest BCUT2D eigenvalue weighted by atomic mass is 9.89. The molecule has 1 aliphatic heterocycles. The van der Waals surface area contributed by atoms with Crippen LogP contribution in [0.2, 0.25) is 0 Å². The summed E-state index contributed by atoms with van der Waals surface area (Å²) in [7, 11) is -0.410. The van der Waals surface area contributed by atoms with Crippen molar-refractivity contribution in [2.45, 2.75) is 38.9 Å². The third-order valence-electron chi connectivity index (χ3n) is 3.66. The number of anilines is 2. The summed E-state index contributed by atoms with van der Waals surface area (Å²) < 4.78 is 11.7. The van der Waals surface area contributed by atoms with Crippen molar-refractivity contribution in [1.82, 2.24) is 4.98 Å². The minimum absolute atomic E-state index is 0.351. The van der Waals surface area contributed by atoms with Crippen LogP contribution in [0.25, 0.3) is 6.08 Å². The zero-order valence-corrected chi connectivity index (χ0v) is 11.8. The Bertz CT molecular complexity index is 499. The van der Waals surface area contributed by atoms with Crippen LogP contribution in [-0.2, 0) is 9.31 Å². The van der Waals surface area contributed by atoms with E-state index < -0.39 is 7.12 Å². The summed E-state index contributed by atoms with van der Waals surface area (Å²) in [6.45, 7) is 8.03. The van der Waals surface area contributed by atoms with Crippen molar-refractivity contribution in [2.75, 3.05) is 11.5 Å². The van der Waals surface area contributed by atoms with E-state index in [2.05, 4.69) is 4.98 Å². The van der Waals surface area contributed by atoms with Crippen LogP contribution in [0.4, 0.5) is 11.5 Å². The van der Waals surface area contributed by atoms with Gasteiger partial charge in [-0.1, -0.05) is 5.98 Å². The van der Waals surface area contributed by atoms with E-state index in [0.717, 1.165) is 0 Å². The van der Waals surface area contributed by atoms with Crippen molar-refractivity contribution < 1.29 is 9.31 Å². The lowest BCUT2D eigenvalue weighted by Crippen LogP contribution is -2.41. The van der Waals surface area contributed by atoms with Gasteiger partial charge in [0.15, 0.2) is 0 Å². The molecule has 0 atom stereocenters. The molecule has 0 bridgehead atoms. The molecule has 1 aliphatic rings. The highest BCUT2D eigenvalue weighted by atomic mass is 16.7. The quantitative estimate of drug-likeness (QED) is 0.794. The van der Waals surface area contributed by atoms with Crippen molar-refractivity contribution in [2.24, 2.45) is 0 Å². The van der Waals surface area contributed by atoms with Crippen LogP contribution in [0.3, 0.4) is 0 Å². The standard InChI is InChI=1S/C13H20BN3O2/c1-12(2)13(3,4)19-14(18-12)8-7-10-9(15)5-6-11(16)17-10/h5-8H,15H2,1-4H3,(H2,16,17)/b8-7+. The largest absolute Gasteiger partial charge is 0.487 e. The highest BCUT2D eigenvalue weighted by molar-refractivity contribution is 6.52. The molecule has 0 amide bonds. The first-order valence-corrected chi connectivity index (χ1v) is 6.27. The Morgan fingerprint density at radius 3 is 2.26 bits per heavy atom. The first-order valence-electron chi connectivity index (χ1n) is 6.27. The number of pyridine rings is 1. The van der Waals surface area contributed by atoms with Crippen LogP contribution in [0.1, 0.15) is 33.4 Å². The second-order valence-corrected chi connectivity index (χ2v) is 5.69. The first kappa shape index (κ1) is 13.9. The van der Waals surface area contributed by atoms with Crippen molar-refractivity contribution >= 4 is 24.7 Å². The minimum atomic E-state index is -0.410. The highest BCUT2D eigenvalue weighted by Crippen LogP contribution is 2.37. The molecule has 2 heterocycles. The van der Waals surface area contributed by atoms with Gasteiger partial charge in [0, 0.05) is 0 Å². The molecule has 6 heteroatoms. The van der Waals surface area contributed by atoms with E-state index in [1.807, 2.05) is 27.7 Å². The van der Waals surface area contributed by atoms with Crippen LogP contribution in [0.5, 0.6) is 0 Å². The number of hydrogen-bond donors (Lipinski definition) is 2. The Hall–Kier alpha value is -1.53. The lowest BCUT2D eigenvalue weighted by Gasteiger charge is -2.32. The van der Waals surface area contributed by atoms with Gasteiger partial charge in [-0.25, -0.2) is 4.98 Å². The summed E-state index contributed by atoms with van der Waals surface area (Å²) in [6, 6.07) is 3.40. The van der Waals surface area contributed by atoms with Gasteiger partial charge >= 0.3 is 7.12 Å². The summed E-state index contributed by atoms with van der Waals surface area (Å²) >= 11 is 0. The second-order valence-electron chi connectivity index (χ2n) is 5.69. The fraction of sp³-hybridized carbons (Fsp3) is 0.462. The molecule has 1 aromatic heterocycles. The molecule has 2 rings (SSSR count). The topological polar surface area (TPSA) is 83.4 Å². The van der Waals surface area contributed by atoms with Crippen LogP contribution >= 0.6 is 0 Å². The molecule has 0 aliphatic carbocycles. The van der Waals surface area contributed by atoms with Gasteiger partial charge in [-0.2, -0.15) is 0 Å². The average molecular weight is 261 g/mol. The first-order chi connectivity index (χ1) is 8.71. The van der Waals surface area contributed by atoms with Crippen LogP contribution in [0.15, 0.2) is 18.1 Å². The maximum atomic E-state index is 5.85. The summed E-state index contributed by atoms with van der Waals surface area (Å²) in [5.41, 5.74) is 12.0. The van der Waals surface area contributed by atoms with E-state index in [0.29, 0.717) is 17.2 Å². The van der Waals surface area contributed by atoms with Crippen molar-refractivity contribution in [3.05, 3.63) is 23.8 Å². The van der Waals surface area contributed by atoms with Gasteiger partial charge in [-0.3, -0.25) is 0 Å². The van der Waals surface area contributed by atoms with E-state index in [4.69, 9.17) is 20.8 Å². The maximum absolute atomic E-state index is 5.85. The third-order valence-corrected chi connectivity index (χ3v) is 3.66. The highest BCUT2D eigenvalue weighted by Gasteiger charge is 2.50. The molecule has 0 saturated carbocycles. The van der Waals surface area contributed by atoms with Gasteiger partial charge in [0.25, 0.3) is 0 Å². The van der Waals surface area contributed by atoms with Gasteiger partial charge in [0.2, 0.25) is 0 Å².